The van der Waals surface area contributed by atoms with Crippen LogP contribution in [0.25, 0.3) is 0 Å². The van der Waals surface area contributed by atoms with Crippen LogP contribution < -0.4 is 5.32 Å². The number of hydrogen-bond donors (Lipinski definition) is 1. The Morgan fingerprint density at radius 2 is 2.15 bits per heavy atom. The fourth-order valence-electron chi connectivity index (χ4n) is 3.22. The molecular weight excluding hydrogens is 352 g/mol. The number of fused-ring (bicyclic) bond motifs is 1. The monoisotopic (exact) mass is 372 g/mol. The Morgan fingerprint density at radius 3 is 2.85 bits per heavy atom. The number of amides is 1. The highest BCUT2D eigenvalue weighted by molar-refractivity contribution is 7.99. The minimum Gasteiger partial charge on any atom is -0.454 e. The van der Waals surface area contributed by atoms with Crippen molar-refractivity contribution in [2.45, 2.75) is 42.4 Å². The van der Waals surface area contributed by atoms with Gasteiger partial charge in [-0.05, 0) is 29.8 Å². The number of carbonyl (C=O) groups is 1. The number of anilines is 1. The van der Waals surface area contributed by atoms with Crippen LogP contribution in [0.3, 0.4) is 0 Å². The second-order valence-electron chi connectivity index (χ2n) is 6.71. The summed E-state index contributed by atoms with van der Waals surface area (Å²) >= 11 is 1.40. The normalized spacial score (nSPS) is 16.8. The summed E-state index contributed by atoms with van der Waals surface area (Å²) in [6, 6.07) is 3.84. The number of aromatic nitrogens is 5. The van der Waals surface area contributed by atoms with Gasteiger partial charge in [0.25, 0.3) is 0 Å². The van der Waals surface area contributed by atoms with E-state index < -0.39 is 0 Å². The van der Waals surface area contributed by atoms with Crippen LogP contribution in [0.2, 0.25) is 0 Å². The van der Waals surface area contributed by atoms with Gasteiger partial charge in [-0.1, -0.05) is 13.8 Å². The van der Waals surface area contributed by atoms with E-state index in [1.165, 1.54) is 11.8 Å². The molecular formula is C17H20N6O2S. The molecule has 0 aliphatic carbocycles. The van der Waals surface area contributed by atoms with E-state index in [0.29, 0.717) is 6.42 Å². The molecule has 1 N–H and O–H groups in total. The number of nitrogens with one attached hydrogen (secondary N) is 1. The van der Waals surface area contributed by atoms with Crippen molar-refractivity contribution in [3.63, 3.8) is 0 Å². The summed E-state index contributed by atoms with van der Waals surface area (Å²) in [4.78, 5) is 12.2. The standard InChI is InChI=1S/C17H20N6O2S/c1-9(2)15-14-10(7-12(24)19-16(14)23(4)21-15)11-5-6-13(25-11)26-17-20-18-8-22(17)3/h5-6,8-10H,7H2,1-4H3,(H,19,24)/t10-/m1/s1. The molecule has 0 saturated heterocycles. The van der Waals surface area contributed by atoms with Gasteiger partial charge in [-0.25, -0.2) is 0 Å². The molecule has 8 nitrogen and oxygen atoms in total. The largest absolute Gasteiger partial charge is 0.454 e. The van der Waals surface area contributed by atoms with Crippen molar-refractivity contribution in [1.29, 1.82) is 0 Å². The quantitative estimate of drug-likeness (QED) is 0.757. The van der Waals surface area contributed by atoms with Gasteiger partial charge in [0, 0.05) is 26.1 Å². The predicted molar refractivity (Wildman–Crippen MR) is 96.2 cm³/mol. The van der Waals surface area contributed by atoms with Gasteiger partial charge < -0.3 is 14.3 Å². The molecule has 1 aliphatic rings. The third kappa shape index (κ3) is 2.82. The van der Waals surface area contributed by atoms with E-state index in [0.717, 1.165) is 33.1 Å². The average Bonchev–Trinajstić information content (AvgIpc) is 3.29. The zero-order valence-electron chi connectivity index (χ0n) is 15.1. The van der Waals surface area contributed by atoms with Gasteiger partial charge in [0.1, 0.15) is 17.9 Å². The second-order valence-corrected chi connectivity index (χ2v) is 7.69. The van der Waals surface area contributed by atoms with Gasteiger partial charge >= 0.3 is 0 Å². The molecule has 0 aromatic carbocycles. The maximum Gasteiger partial charge on any atom is 0.226 e. The van der Waals surface area contributed by atoms with Crippen LogP contribution in [0.4, 0.5) is 5.82 Å². The van der Waals surface area contributed by atoms with Gasteiger partial charge in [-0.3, -0.25) is 9.48 Å². The van der Waals surface area contributed by atoms with Crippen LogP contribution in [0.5, 0.6) is 0 Å². The van der Waals surface area contributed by atoms with E-state index in [1.54, 1.807) is 11.0 Å². The molecule has 26 heavy (non-hydrogen) atoms. The molecule has 4 rings (SSSR count). The number of rotatable bonds is 4. The highest BCUT2D eigenvalue weighted by atomic mass is 32.2. The van der Waals surface area contributed by atoms with Crippen LogP contribution in [-0.4, -0.2) is 30.5 Å². The van der Waals surface area contributed by atoms with Crippen LogP contribution >= 0.6 is 11.8 Å². The molecule has 3 aromatic heterocycles. The van der Waals surface area contributed by atoms with Crippen LogP contribution in [0.1, 0.15) is 49.1 Å². The topological polar surface area (TPSA) is 90.8 Å². The summed E-state index contributed by atoms with van der Waals surface area (Å²) in [6.07, 6.45) is 1.99. The van der Waals surface area contributed by atoms with Gasteiger partial charge in [-0.2, -0.15) is 5.10 Å². The highest BCUT2D eigenvalue weighted by Crippen LogP contribution is 2.42. The number of furan rings is 1. The lowest BCUT2D eigenvalue weighted by Gasteiger charge is -2.23. The van der Waals surface area contributed by atoms with E-state index >= 15 is 0 Å². The molecule has 0 spiro atoms. The lowest BCUT2D eigenvalue weighted by molar-refractivity contribution is -0.116. The van der Waals surface area contributed by atoms with Crippen molar-refractivity contribution in [3.8, 4) is 0 Å². The Balaban J connectivity index is 1.71. The van der Waals surface area contributed by atoms with Crippen LogP contribution in [0.15, 0.2) is 33.1 Å². The van der Waals surface area contributed by atoms with Gasteiger partial charge in [0.15, 0.2) is 10.2 Å². The van der Waals surface area contributed by atoms with Crippen LogP contribution in [0, 0.1) is 0 Å². The molecule has 1 atom stereocenters. The minimum atomic E-state index is -0.140. The Hall–Kier alpha value is -2.55. The smallest absolute Gasteiger partial charge is 0.226 e. The molecule has 1 amide bonds. The number of carbonyl (C=O) groups excluding carboxylic acids is 1. The zero-order chi connectivity index (χ0) is 18.4. The molecule has 4 heterocycles. The van der Waals surface area contributed by atoms with Crippen molar-refractivity contribution >= 4 is 23.5 Å². The first kappa shape index (κ1) is 16.9. The van der Waals surface area contributed by atoms with E-state index in [4.69, 9.17) is 4.42 Å². The summed E-state index contributed by atoms with van der Waals surface area (Å²) in [7, 11) is 3.74. The van der Waals surface area contributed by atoms with Crippen molar-refractivity contribution in [2.24, 2.45) is 14.1 Å². The van der Waals surface area contributed by atoms with E-state index in [-0.39, 0.29) is 17.7 Å². The fraction of sp³-hybridized carbons (Fsp3) is 0.412. The Morgan fingerprint density at radius 1 is 1.35 bits per heavy atom. The van der Waals surface area contributed by atoms with Crippen LogP contribution in [-0.2, 0) is 18.9 Å². The van der Waals surface area contributed by atoms with Crippen molar-refractivity contribution in [2.75, 3.05) is 5.32 Å². The van der Waals surface area contributed by atoms with E-state index in [2.05, 4.69) is 34.5 Å². The molecule has 0 saturated carbocycles. The van der Waals surface area contributed by atoms with Crippen molar-refractivity contribution in [1.82, 2.24) is 24.5 Å². The predicted octanol–water partition coefficient (Wildman–Crippen LogP) is 2.89. The van der Waals surface area contributed by atoms with Crippen molar-refractivity contribution in [3.05, 3.63) is 35.5 Å². The van der Waals surface area contributed by atoms with Crippen molar-refractivity contribution < 1.29 is 9.21 Å². The summed E-state index contributed by atoms with van der Waals surface area (Å²) in [6.45, 7) is 4.21. The highest BCUT2D eigenvalue weighted by Gasteiger charge is 2.35. The average molecular weight is 372 g/mol. The first-order valence-corrected chi connectivity index (χ1v) is 9.24. The SMILES string of the molecule is CC(C)c1nn(C)c2c1[C@@H](c1ccc(Sc3nncn3C)o1)CC(=O)N2. The van der Waals surface area contributed by atoms with Gasteiger partial charge in [0.2, 0.25) is 5.91 Å². The Bertz CT molecular complexity index is 970. The second kappa shape index (κ2) is 6.31. The Labute approximate surface area is 155 Å². The third-order valence-electron chi connectivity index (χ3n) is 4.46. The maximum atomic E-state index is 12.2. The number of aryl methyl sites for hydroxylation is 2. The molecule has 0 fully saturated rings. The maximum absolute atomic E-state index is 12.2. The van der Waals surface area contributed by atoms with E-state index in [1.807, 2.05) is 30.8 Å². The summed E-state index contributed by atoms with van der Waals surface area (Å²) in [5.41, 5.74) is 2.04. The fourth-order valence-corrected chi connectivity index (χ4v) is 3.96. The molecule has 1 aliphatic heterocycles. The summed E-state index contributed by atoms with van der Waals surface area (Å²) < 4.78 is 9.64. The first-order chi connectivity index (χ1) is 12.4. The Kier molecular flexibility index (Phi) is 4.10. The first-order valence-electron chi connectivity index (χ1n) is 8.42. The minimum absolute atomic E-state index is 0.0280. The molecule has 0 unspecified atom stereocenters. The van der Waals surface area contributed by atoms with Gasteiger partial charge in [0.05, 0.1) is 11.6 Å². The lowest BCUT2D eigenvalue weighted by atomic mass is 9.87. The van der Waals surface area contributed by atoms with Gasteiger partial charge in [-0.15, -0.1) is 10.2 Å². The summed E-state index contributed by atoms with van der Waals surface area (Å²) in [5.74, 6) is 1.61. The number of hydrogen-bond acceptors (Lipinski definition) is 6. The third-order valence-corrected chi connectivity index (χ3v) is 5.44. The number of nitrogens with zero attached hydrogens (tertiary/aromatic N) is 5. The van der Waals surface area contributed by atoms with E-state index in [9.17, 15) is 4.79 Å². The molecule has 0 radical (unpaired) electrons. The molecule has 3 aromatic rings. The molecule has 0 bridgehead atoms. The summed E-state index contributed by atoms with van der Waals surface area (Å²) in [5, 5.41) is 17.0. The molecule has 136 valence electrons. The molecule has 9 heteroatoms. The zero-order valence-corrected chi connectivity index (χ0v) is 15.9. The lowest BCUT2D eigenvalue weighted by Crippen LogP contribution is -2.24.